The van der Waals surface area contributed by atoms with Crippen LogP contribution in [0, 0.1) is 5.92 Å². The highest BCUT2D eigenvalue weighted by Gasteiger charge is 2.33. The summed E-state index contributed by atoms with van der Waals surface area (Å²) in [7, 11) is 0. The summed E-state index contributed by atoms with van der Waals surface area (Å²) in [6, 6.07) is 7.09. The van der Waals surface area contributed by atoms with E-state index < -0.39 is 11.9 Å². The Bertz CT molecular complexity index is 516. The first kappa shape index (κ1) is 15.4. The number of rotatable bonds is 5. The Labute approximate surface area is 124 Å². The summed E-state index contributed by atoms with van der Waals surface area (Å²) in [5.41, 5.74) is 1.89. The summed E-state index contributed by atoms with van der Waals surface area (Å²) in [5, 5.41) is 14.8. The van der Waals surface area contributed by atoms with E-state index >= 15 is 0 Å². The van der Waals surface area contributed by atoms with Crippen LogP contribution in [-0.2, 0) is 11.2 Å². The van der Waals surface area contributed by atoms with Gasteiger partial charge >= 0.3 is 12.0 Å². The first-order chi connectivity index (χ1) is 10.1. The third-order valence-corrected chi connectivity index (χ3v) is 3.93. The van der Waals surface area contributed by atoms with Crippen LogP contribution in [0.15, 0.2) is 24.3 Å². The number of carbonyl (C=O) groups is 2. The van der Waals surface area contributed by atoms with E-state index in [0.717, 1.165) is 36.9 Å². The highest BCUT2D eigenvalue weighted by Crippen LogP contribution is 2.26. The van der Waals surface area contributed by atoms with Crippen molar-refractivity contribution in [2.75, 3.05) is 5.32 Å². The number of nitrogens with one attached hydrogen (secondary N) is 2. The van der Waals surface area contributed by atoms with Gasteiger partial charge in [0.2, 0.25) is 0 Å². The molecule has 5 heteroatoms. The van der Waals surface area contributed by atoms with E-state index in [9.17, 15) is 9.59 Å². The molecule has 5 nitrogen and oxygen atoms in total. The number of carboxylic acid groups (broad SMARTS) is 1. The summed E-state index contributed by atoms with van der Waals surface area (Å²) in [5.74, 6) is -1.30. The van der Waals surface area contributed by atoms with Crippen molar-refractivity contribution < 1.29 is 14.7 Å². The van der Waals surface area contributed by atoms with Crippen molar-refractivity contribution in [2.24, 2.45) is 5.92 Å². The molecule has 3 N–H and O–H groups in total. The molecule has 114 valence electrons. The first-order valence-corrected chi connectivity index (χ1v) is 7.50. The lowest BCUT2D eigenvalue weighted by molar-refractivity contribution is -0.142. The van der Waals surface area contributed by atoms with Crippen molar-refractivity contribution in [3.8, 4) is 0 Å². The number of anilines is 1. The predicted molar refractivity (Wildman–Crippen MR) is 81.4 cm³/mol. The van der Waals surface area contributed by atoms with Gasteiger partial charge in [0, 0.05) is 11.7 Å². The Morgan fingerprint density at radius 1 is 1.29 bits per heavy atom. The first-order valence-electron chi connectivity index (χ1n) is 7.50. The Hall–Kier alpha value is -2.04. The van der Waals surface area contributed by atoms with Crippen LogP contribution >= 0.6 is 0 Å². The lowest BCUT2D eigenvalue weighted by Gasteiger charge is -2.18. The molecular formula is C16H22N2O3. The van der Waals surface area contributed by atoms with E-state index in [2.05, 4.69) is 17.6 Å². The molecule has 0 spiro atoms. The molecule has 1 fully saturated rings. The molecule has 1 aromatic carbocycles. The van der Waals surface area contributed by atoms with Gasteiger partial charge in [-0.2, -0.15) is 0 Å². The largest absolute Gasteiger partial charge is 0.481 e. The molecule has 1 aliphatic rings. The number of carboxylic acids is 1. The molecule has 0 radical (unpaired) electrons. The molecule has 0 saturated heterocycles. The van der Waals surface area contributed by atoms with Gasteiger partial charge in [0.25, 0.3) is 0 Å². The number of hydrogen-bond acceptors (Lipinski definition) is 2. The molecule has 1 saturated carbocycles. The summed E-state index contributed by atoms with van der Waals surface area (Å²) >= 11 is 0. The molecule has 0 heterocycles. The van der Waals surface area contributed by atoms with Gasteiger partial charge in [0.05, 0.1) is 5.92 Å². The van der Waals surface area contributed by atoms with Gasteiger partial charge in [-0.05, 0) is 30.9 Å². The normalized spacial score (nSPS) is 21.0. The SMILES string of the molecule is CCCc1ccccc1NC(=O)NC1CCCC1C(=O)O. The van der Waals surface area contributed by atoms with E-state index in [1.165, 1.54) is 0 Å². The third kappa shape index (κ3) is 3.97. The number of urea groups is 1. The number of aliphatic carboxylic acids is 1. The van der Waals surface area contributed by atoms with E-state index in [4.69, 9.17) is 5.11 Å². The second kappa shape index (κ2) is 7.11. The highest BCUT2D eigenvalue weighted by atomic mass is 16.4. The molecule has 2 rings (SSSR count). The zero-order chi connectivity index (χ0) is 15.2. The Morgan fingerprint density at radius 3 is 2.76 bits per heavy atom. The van der Waals surface area contributed by atoms with Gasteiger partial charge in [-0.15, -0.1) is 0 Å². The second-order valence-corrected chi connectivity index (χ2v) is 5.49. The van der Waals surface area contributed by atoms with E-state index in [0.29, 0.717) is 6.42 Å². The van der Waals surface area contributed by atoms with Crippen LogP contribution in [0.25, 0.3) is 0 Å². The van der Waals surface area contributed by atoms with Gasteiger partial charge in [0.1, 0.15) is 0 Å². The predicted octanol–water partition coefficient (Wildman–Crippen LogP) is 3.01. The molecule has 0 aliphatic heterocycles. The minimum Gasteiger partial charge on any atom is -0.481 e. The Balaban J connectivity index is 1.97. The van der Waals surface area contributed by atoms with Crippen LogP contribution in [0.1, 0.15) is 38.2 Å². The fraction of sp³-hybridized carbons (Fsp3) is 0.500. The molecule has 2 unspecified atom stereocenters. The standard InChI is InChI=1S/C16H22N2O3/c1-2-6-11-7-3-4-9-13(11)17-16(21)18-14-10-5-8-12(14)15(19)20/h3-4,7,9,12,14H,2,5-6,8,10H2,1H3,(H,19,20)(H2,17,18,21). The van der Waals surface area contributed by atoms with Crippen molar-refractivity contribution in [2.45, 2.75) is 45.1 Å². The maximum Gasteiger partial charge on any atom is 0.319 e. The van der Waals surface area contributed by atoms with Crippen molar-refractivity contribution in [1.29, 1.82) is 0 Å². The van der Waals surface area contributed by atoms with Gasteiger partial charge < -0.3 is 15.7 Å². The van der Waals surface area contributed by atoms with Crippen molar-refractivity contribution in [1.82, 2.24) is 5.32 Å². The zero-order valence-corrected chi connectivity index (χ0v) is 12.3. The van der Waals surface area contributed by atoms with Crippen LogP contribution in [-0.4, -0.2) is 23.1 Å². The number of aryl methyl sites for hydroxylation is 1. The number of carbonyl (C=O) groups excluding carboxylic acids is 1. The van der Waals surface area contributed by atoms with E-state index in [-0.39, 0.29) is 12.1 Å². The van der Waals surface area contributed by atoms with Gasteiger partial charge in [-0.1, -0.05) is 38.0 Å². The molecule has 1 aliphatic carbocycles. The van der Waals surface area contributed by atoms with E-state index in [1.54, 1.807) is 0 Å². The zero-order valence-electron chi connectivity index (χ0n) is 12.3. The average molecular weight is 290 g/mol. The molecule has 1 aromatic rings. The lowest BCUT2D eigenvalue weighted by atomic mass is 10.0. The highest BCUT2D eigenvalue weighted by molar-refractivity contribution is 5.90. The number of hydrogen-bond donors (Lipinski definition) is 3. The number of benzene rings is 1. The van der Waals surface area contributed by atoms with Gasteiger partial charge in [-0.3, -0.25) is 4.79 Å². The van der Waals surface area contributed by atoms with Crippen LogP contribution in [0.5, 0.6) is 0 Å². The fourth-order valence-corrected chi connectivity index (χ4v) is 2.88. The number of para-hydroxylation sites is 1. The molecular weight excluding hydrogens is 268 g/mol. The summed E-state index contributed by atoms with van der Waals surface area (Å²) in [6.45, 7) is 2.09. The second-order valence-electron chi connectivity index (χ2n) is 5.49. The Morgan fingerprint density at radius 2 is 2.05 bits per heavy atom. The third-order valence-electron chi connectivity index (χ3n) is 3.93. The lowest BCUT2D eigenvalue weighted by Crippen LogP contribution is -2.42. The maximum absolute atomic E-state index is 12.1. The molecule has 2 amide bonds. The summed E-state index contributed by atoms with van der Waals surface area (Å²) in [4.78, 5) is 23.2. The van der Waals surface area contributed by atoms with Crippen LogP contribution in [0.3, 0.4) is 0 Å². The maximum atomic E-state index is 12.1. The molecule has 0 aromatic heterocycles. The monoisotopic (exact) mass is 290 g/mol. The molecule has 21 heavy (non-hydrogen) atoms. The number of amides is 2. The Kier molecular flexibility index (Phi) is 5.20. The van der Waals surface area contributed by atoms with Crippen molar-refractivity contribution in [3.63, 3.8) is 0 Å². The van der Waals surface area contributed by atoms with Crippen LogP contribution in [0.2, 0.25) is 0 Å². The molecule has 0 bridgehead atoms. The van der Waals surface area contributed by atoms with Crippen molar-refractivity contribution in [3.05, 3.63) is 29.8 Å². The van der Waals surface area contributed by atoms with E-state index in [1.807, 2.05) is 24.3 Å². The summed E-state index contributed by atoms with van der Waals surface area (Å²) in [6.07, 6.45) is 4.10. The topological polar surface area (TPSA) is 78.4 Å². The van der Waals surface area contributed by atoms with Gasteiger partial charge in [-0.25, -0.2) is 4.79 Å². The summed E-state index contributed by atoms with van der Waals surface area (Å²) < 4.78 is 0. The average Bonchev–Trinajstić information content (AvgIpc) is 2.89. The smallest absolute Gasteiger partial charge is 0.319 e. The van der Waals surface area contributed by atoms with Gasteiger partial charge in [0.15, 0.2) is 0 Å². The molecule has 2 atom stereocenters. The van der Waals surface area contributed by atoms with Crippen LogP contribution < -0.4 is 10.6 Å². The minimum atomic E-state index is -0.829. The quantitative estimate of drug-likeness (QED) is 0.780. The van der Waals surface area contributed by atoms with Crippen LogP contribution in [0.4, 0.5) is 10.5 Å². The minimum absolute atomic E-state index is 0.277. The van der Waals surface area contributed by atoms with Crippen molar-refractivity contribution >= 4 is 17.7 Å². The fourth-order valence-electron chi connectivity index (χ4n) is 2.88.